The van der Waals surface area contributed by atoms with E-state index >= 15 is 0 Å². The number of nitrogens with zero attached hydrogens (tertiary/aromatic N) is 2. The Morgan fingerprint density at radius 2 is 2.00 bits per heavy atom. The molecule has 3 aromatic rings. The molecule has 162 valence electrons. The van der Waals surface area contributed by atoms with Crippen LogP contribution in [0, 0.1) is 11.2 Å². The van der Waals surface area contributed by atoms with E-state index in [1.807, 2.05) is 18.2 Å². The molecule has 0 atom stereocenters. The third-order valence-corrected chi connectivity index (χ3v) is 6.00. The summed E-state index contributed by atoms with van der Waals surface area (Å²) < 4.78 is 20.0. The van der Waals surface area contributed by atoms with E-state index in [0.717, 1.165) is 5.69 Å². The van der Waals surface area contributed by atoms with Crippen LogP contribution in [-0.4, -0.2) is 27.2 Å². The van der Waals surface area contributed by atoms with Crippen molar-refractivity contribution in [3.63, 3.8) is 0 Å². The summed E-state index contributed by atoms with van der Waals surface area (Å²) in [6, 6.07) is 12.1. The fraction of sp³-hybridized carbons (Fsp3) is 0.318. The van der Waals surface area contributed by atoms with Gasteiger partial charge in [0.2, 0.25) is 5.91 Å². The van der Waals surface area contributed by atoms with Crippen molar-refractivity contribution < 1.29 is 13.9 Å². The number of carbonyl (C=O) groups is 1. The van der Waals surface area contributed by atoms with E-state index in [-0.39, 0.29) is 22.8 Å². The first kappa shape index (κ1) is 21.1. The summed E-state index contributed by atoms with van der Waals surface area (Å²) in [7, 11) is 0. The number of halogens is 2. The summed E-state index contributed by atoms with van der Waals surface area (Å²) in [6.45, 7) is 0. The van der Waals surface area contributed by atoms with Crippen LogP contribution >= 0.6 is 11.6 Å². The third-order valence-electron chi connectivity index (χ3n) is 5.71. The van der Waals surface area contributed by atoms with Gasteiger partial charge in [0.25, 0.3) is 0 Å². The number of ether oxygens (including phenoxy) is 1. The minimum Gasteiger partial charge on any atom is -0.487 e. The van der Waals surface area contributed by atoms with Crippen LogP contribution in [0.5, 0.6) is 5.75 Å². The SMILES string of the molecule is NC(=O)C1(Cc2cccc(Nc3cc[nH]n3)n2)CCC(Oc2cccc(Cl)c2F)CC1. The molecule has 0 aliphatic heterocycles. The molecule has 0 bridgehead atoms. The van der Waals surface area contributed by atoms with E-state index in [2.05, 4.69) is 20.5 Å². The summed E-state index contributed by atoms with van der Waals surface area (Å²) in [4.78, 5) is 17.0. The number of anilines is 2. The molecule has 1 saturated carbocycles. The number of H-pyrrole nitrogens is 1. The Hall–Kier alpha value is -3.13. The Bertz CT molecular complexity index is 1050. The first-order valence-corrected chi connectivity index (χ1v) is 10.5. The molecule has 1 amide bonds. The Balaban J connectivity index is 1.43. The number of aromatic amines is 1. The van der Waals surface area contributed by atoms with E-state index in [0.29, 0.717) is 43.7 Å². The summed E-state index contributed by atoms with van der Waals surface area (Å²) in [5.74, 6) is 0.495. The minimum atomic E-state index is -0.718. The van der Waals surface area contributed by atoms with Crippen LogP contribution in [-0.2, 0) is 11.2 Å². The maximum Gasteiger partial charge on any atom is 0.224 e. The van der Waals surface area contributed by atoms with Crippen molar-refractivity contribution in [1.82, 2.24) is 15.2 Å². The standard InChI is InChI=1S/C22H23ClFN5O2/c23-16-4-2-5-17(20(16)24)31-15-7-10-22(11-8-15,21(25)30)13-14-3-1-6-18(27-14)28-19-9-12-26-29-19/h1-6,9,12,15H,7-8,10-11,13H2,(H2,25,30)(H2,26,27,28,29). The molecule has 0 radical (unpaired) electrons. The number of nitrogens with two attached hydrogens (primary N) is 1. The molecule has 2 heterocycles. The lowest BCUT2D eigenvalue weighted by molar-refractivity contribution is -0.130. The van der Waals surface area contributed by atoms with Crippen LogP contribution in [0.1, 0.15) is 31.4 Å². The molecule has 0 saturated heterocycles. The van der Waals surface area contributed by atoms with Crippen molar-refractivity contribution in [2.75, 3.05) is 5.32 Å². The highest BCUT2D eigenvalue weighted by molar-refractivity contribution is 6.30. The van der Waals surface area contributed by atoms with Crippen LogP contribution in [0.4, 0.5) is 16.0 Å². The maximum atomic E-state index is 14.1. The number of benzene rings is 1. The number of amides is 1. The highest BCUT2D eigenvalue weighted by atomic mass is 35.5. The highest BCUT2D eigenvalue weighted by Crippen LogP contribution is 2.40. The number of hydrogen-bond acceptors (Lipinski definition) is 5. The number of carbonyl (C=O) groups excluding carboxylic acids is 1. The van der Waals surface area contributed by atoms with Crippen molar-refractivity contribution in [1.29, 1.82) is 0 Å². The maximum absolute atomic E-state index is 14.1. The molecule has 1 aliphatic rings. The Labute approximate surface area is 184 Å². The summed E-state index contributed by atoms with van der Waals surface area (Å²) in [6.07, 6.45) is 4.17. The number of aromatic nitrogens is 3. The zero-order chi connectivity index (χ0) is 21.8. The third kappa shape index (κ3) is 4.80. The monoisotopic (exact) mass is 443 g/mol. The van der Waals surface area contributed by atoms with Crippen LogP contribution in [0.15, 0.2) is 48.7 Å². The average Bonchev–Trinajstić information content (AvgIpc) is 3.26. The highest BCUT2D eigenvalue weighted by Gasteiger charge is 2.41. The molecule has 0 spiro atoms. The average molecular weight is 444 g/mol. The zero-order valence-corrected chi connectivity index (χ0v) is 17.5. The first-order chi connectivity index (χ1) is 14.9. The lowest BCUT2D eigenvalue weighted by Gasteiger charge is -2.37. The van der Waals surface area contributed by atoms with Crippen LogP contribution in [0.3, 0.4) is 0 Å². The molecule has 1 fully saturated rings. The van der Waals surface area contributed by atoms with Crippen LogP contribution < -0.4 is 15.8 Å². The van der Waals surface area contributed by atoms with Gasteiger partial charge in [0.05, 0.1) is 16.5 Å². The Morgan fingerprint density at radius 3 is 2.71 bits per heavy atom. The van der Waals surface area contributed by atoms with Gasteiger partial charge in [0.1, 0.15) is 5.82 Å². The van der Waals surface area contributed by atoms with Crippen molar-refractivity contribution >= 4 is 29.1 Å². The van der Waals surface area contributed by atoms with E-state index in [9.17, 15) is 9.18 Å². The predicted molar refractivity (Wildman–Crippen MR) is 116 cm³/mol. The molecule has 9 heteroatoms. The Kier molecular flexibility index (Phi) is 6.08. The fourth-order valence-corrected chi connectivity index (χ4v) is 4.15. The summed E-state index contributed by atoms with van der Waals surface area (Å²) in [5.41, 5.74) is 5.87. The Morgan fingerprint density at radius 1 is 1.23 bits per heavy atom. The smallest absolute Gasteiger partial charge is 0.224 e. The lowest BCUT2D eigenvalue weighted by Crippen LogP contribution is -2.44. The molecule has 4 N–H and O–H groups in total. The molecule has 2 aromatic heterocycles. The van der Waals surface area contributed by atoms with Gasteiger partial charge in [-0.15, -0.1) is 0 Å². The van der Waals surface area contributed by atoms with E-state index in [1.54, 1.807) is 24.4 Å². The van der Waals surface area contributed by atoms with Gasteiger partial charge >= 0.3 is 0 Å². The number of hydrogen-bond donors (Lipinski definition) is 3. The second-order valence-electron chi connectivity index (χ2n) is 7.79. The molecule has 1 aliphatic carbocycles. The topological polar surface area (TPSA) is 106 Å². The van der Waals surface area contributed by atoms with Gasteiger partial charge in [0, 0.05) is 24.4 Å². The second kappa shape index (κ2) is 8.93. The van der Waals surface area contributed by atoms with Crippen LogP contribution in [0.2, 0.25) is 5.02 Å². The van der Waals surface area contributed by atoms with E-state index in [4.69, 9.17) is 22.1 Å². The van der Waals surface area contributed by atoms with Gasteiger partial charge in [-0.05, 0) is 49.9 Å². The predicted octanol–water partition coefficient (Wildman–Crippen LogP) is 4.38. The summed E-state index contributed by atoms with van der Waals surface area (Å²) in [5, 5.41) is 9.92. The number of rotatable bonds is 7. The van der Waals surface area contributed by atoms with Gasteiger partial charge in [-0.1, -0.05) is 23.7 Å². The molecule has 4 rings (SSSR count). The second-order valence-corrected chi connectivity index (χ2v) is 8.20. The number of pyridine rings is 1. The zero-order valence-electron chi connectivity index (χ0n) is 16.8. The fourth-order valence-electron chi connectivity index (χ4n) is 3.98. The molecule has 31 heavy (non-hydrogen) atoms. The van der Waals surface area contributed by atoms with Gasteiger partial charge in [0.15, 0.2) is 17.4 Å². The van der Waals surface area contributed by atoms with Crippen molar-refractivity contribution in [3.05, 3.63) is 65.2 Å². The number of nitrogens with one attached hydrogen (secondary N) is 2. The first-order valence-electron chi connectivity index (χ1n) is 10.1. The normalized spacial score (nSPS) is 20.9. The lowest BCUT2D eigenvalue weighted by atomic mass is 9.69. The summed E-state index contributed by atoms with van der Waals surface area (Å²) >= 11 is 5.83. The van der Waals surface area contributed by atoms with Crippen molar-refractivity contribution in [2.45, 2.75) is 38.2 Å². The van der Waals surface area contributed by atoms with Gasteiger partial charge in [-0.2, -0.15) is 5.10 Å². The van der Waals surface area contributed by atoms with Crippen LogP contribution in [0.25, 0.3) is 0 Å². The van der Waals surface area contributed by atoms with E-state index < -0.39 is 11.2 Å². The molecule has 7 nitrogen and oxygen atoms in total. The quantitative estimate of drug-likeness (QED) is 0.502. The van der Waals surface area contributed by atoms with Crippen molar-refractivity contribution in [3.8, 4) is 5.75 Å². The van der Waals surface area contributed by atoms with Gasteiger partial charge < -0.3 is 15.8 Å². The van der Waals surface area contributed by atoms with E-state index in [1.165, 1.54) is 6.07 Å². The largest absolute Gasteiger partial charge is 0.487 e. The number of primary amides is 1. The minimum absolute atomic E-state index is 0.0224. The molecular formula is C22H23ClFN5O2. The van der Waals surface area contributed by atoms with Gasteiger partial charge in [-0.3, -0.25) is 9.89 Å². The van der Waals surface area contributed by atoms with Crippen molar-refractivity contribution in [2.24, 2.45) is 11.1 Å². The van der Waals surface area contributed by atoms with Gasteiger partial charge in [-0.25, -0.2) is 9.37 Å². The molecule has 0 unspecified atom stereocenters. The molecule has 1 aromatic carbocycles. The molecular weight excluding hydrogens is 421 g/mol.